The van der Waals surface area contributed by atoms with Crippen molar-refractivity contribution in [3.63, 3.8) is 0 Å². The fourth-order valence-electron chi connectivity index (χ4n) is 3.95. The third-order valence-electron chi connectivity index (χ3n) is 5.59. The minimum absolute atomic E-state index is 0.0697. The van der Waals surface area contributed by atoms with Crippen LogP contribution in [0.15, 0.2) is 10.7 Å². The molecule has 0 radical (unpaired) electrons. The first-order chi connectivity index (χ1) is 8.43. The fraction of sp³-hybridized carbons (Fsp3) is 0.733. The number of hydrogen-bond acceptors (Lipinski definition) is 3. The molecule has 2 N–H and O–H groups in total. The zero-order valence-electron chi connectivity index (χ0n) is 11.3. The Labute approximate surface area is 108 Å². The van der Waals surface area contributed by atoms with Crippen molar-refractivity contribution in [2.45, 2.75) is 52.2 Å². The van der Waals surface area contributed by atoms with Crippen molar-refractivity contribution in [3.8, 4) is 0 Å². The van der Waals surface area contributed by atoms with E-state index in [-0.39, 0.29) is 11.3 Å². The highest BCUT2D eigenvalue weighted by atomic mass is 16.3. The monoisotopic (exact) mass is 250 g/mol. The molecule has 1 aromatic rings. The van der Waals surface area contributed by atoms with Crippen molar-refractivity contribution < 1.29 is 14.6 Å². The van der Waals surface area contributed by atoms with E-state index in [4.69, 9.17) is 4.42 Å². The van der Waals surface area contributed by atoms with E-state index in [1.165, 1.54) is 11.1 Å². The highest BCUT2D eigenvalue weighted by molar-refractivity contribution is 5.32. The van der Waals surface area contributed by atoms with E-state index in [0.29, 0.717) is 12.3 Å². The lowest BCUT2D eigenvalue weighted by molar-refractivity contribution is -0.125. The van der Waals surface area contributed by atoms with E-state index in [9.17, 15) is 10.2 Å². The van der Waals surface area contributed by atoms with Crippen molar-refractivity contribution >= 4 is 0 Å². The molecule has 0 aromatic carbocycles. The second-order valence-electron chi connectivity index (χ2n) is 6.49. The maximum absolute atomic E-state index is 10.1. The zero-order valence-corrected chi connectivity index (χ0v) is 11.3. The van der Waals surface area contributed by atoms with Crippen LogP contribution in [0.25, 0.3) is 0 Å². The van der Waals surface area contributed by atoms with Gasteiger partial charge in [-0.1, -0.05) is 13.8 Å². The van der Waals surface area contributed by atoms with Gasteiger partial charge in [-0.25, -0.2) is 0 Å². The minimum Gasteiger partial charge on any atom is -0.469 e. The molecule has 0 amide bonds. The Hall–Kier alpha value is -0.800. The summed E-state index contributed by atoms with van der Waals surface area (Å²) in [4.78, 5) is 0. The molecule has 0 saturated heterocycles. The first-order valence-electron chi connectivity index (χ1n) is 6.85. The molecular weight excluding hydrogens is 228 g/mol. The predicted molar refractivity (Wildman–Crippen MR) is 68.2 cm³/mol. The number of rotatable bonds is 0. The van der Waals surface area contributed by atoms with Crippen molar-refractivity contribution in [1.82, 2.24) is 0 Å². The third-order valence-corrected chi connectivity index (χ3v) is 5.59. The van der Waals surface area contributed by atoms with E-state index in [2.05, 4.69) is 20.8 Å². The van der Waals surface area contributed by atoms with E-state index >= 15 is 0 Å². The van der Waals surface area contributed by atoms with E-state index in [1.807, 2.05) is 6.26 Å². The van der Waals surface area contributed by atoms with Gasteiger partial charge >= 0.3 is 0 Å². The molecule has 18 heavy (non-hydrogen) atoms. The molecule has 3 rings (SSSR count). The average molecular weight is 250 g/mol. The fourth-order valence-corrected chi connectivity index (χ4v) is 3.95. The molecule has 1 heterocycles. The van der Waals surface area contributed by atoms with Crippen molar-refractivity contribution in [1.29, 1.82) is 0 Å². The number of aliphatic hydroxyl groups is 2. The quantitative estimate of drug-likeness (QED) is 0.741. The Morgan fingerprint density at radius 3 is 2.83 bits per heavy atom. The molecular formula is C15H22O3. The van der Waals surface area contributed by atoms with E-state index in [0.717, 1.165) is 18.6 Å². The topological polar surface area (TPSA) is 53.6 Å². The van der Waals surface area contributed by atoms with Gasteiger partial charge in [0.15, 0.2) is 0 Å². The Balaban J connectivity index is 2.01. The first kappa shape index (κ1) is 12.2. The number of fused-ring (bicyclic) bond motifs is 2. The number of furan rings is 1. The van der Waals surface area contributed by atoms with Crippen LogP contribution in [-0.2, 0) is 12.8 Å². The summed E-state index contributed by atoms with van der Waals surface area (Å²) in [5.74, 6) is 1.61. The molecule has 1 fully saturated rings. The van der Waals surface area contributed by atoms with Crippen LogP contribution in [-0.4, -0.2) is 22.4 Å². The first-order valence-corrected chi connectivity index (χ1v) is 6.85. The summed E-state index contributed by atoms with van der Waals surface area (Å²) in [5, 5.41) is 20.1. The lowest BCUT2D eigenvalue weighted by Crippen LogP contribution is -2.54. The minimum atomic E-state index is -0.597. The molecule has 3 heteroatoms. The van der Waals surface area contributed by atoms with Gasteiger partial charge in [0.1, 0.15) is 5.76 Å². The molecule has 2 aliphatic carbocycles. The third kappa shape index (κ3) is 1.50. The Bertz CT molecular complexity index is 464. The van der Waals surface area contributed by atoms with Crippen molar-refractivity contribution in [3.05, 3.63) is 23.2 Å². The Morgan fingerprint density at radius 1 is 1.39 bits per heavy atom. The zero-order chi connectivity index (χ0) is 13.1. The van der Waals surface area contributed by atoms with E-state index in [1.54, 1.807) is 0 Å². The summed E-state index contributed by atoms with van der Waals surface area (Å²) in [6.07, 6.45) is 3.19. The predicted octanol–water partition coefficient (Wildman–Crippen LogP) is 2.07. The summed E-state index contributed by atoms with van der Waals surface area (Å²) in [7, 11) is 0. The average Bonchev–Trinajstić information content (AvgIpc) is 2.67. The van der Waals surface area contributed by atoms with Gasteiger partial charge in [-0.05, 0) is 48.1 Å². The van der Waals surface area contributed by atoms with Crippen LogP contribution < -0.4 is 0 Å². The molecule has 0 spiro atoms. The molecule has 5 atom stereocenters. The highest BCUT2D eigenvalue weighted by Gasteiger charge is 2.52. The number of aryl methyl sites for hydroxylation is 1. The van der Waals surface area contributed by atoms with Crippen LogP contribution in [0.5, 0.6) is 0 Å². The van der Waals surface area contributed by atoms with Gasteiger partial charge < -0.3 is 14.6 Å². The smallest absolute Gasteiger partial charge is 0.107 e. The van der Waals surface area contributed by atoms with Gasteiger partial charge in [-0.3, -0.25) is 0 Å². The second kappa shape index (κ2) is 3.84. The largest absolute Gasteiger partial charge is 0.469 e. The standard InChI is InChI=1S/C15H22O3/c1-8-7-18-13-5-10-4-12(16)14(17)9(2)15(10,3)6-11(8)13/h7,9-10,12,14,16-17H,4-6H2,1-3H3/t9-,10+,12+,14+,15+/m0/s1. The summed E-state index contributed by atoms with van der Waals surface area (Å²) in [6, 6.07) is 0. The Kier molecular flexibility index (Phi) is 2.62. The summed E-state index contributed by atoms with van der Waals surface area (Å²) < 4.78 is 5.63. The number of hydrogen-bond donors (Lipinski definition) is 2. The molecule has 3 nitrogen and oxygen atoms in total. The highest BCUT2D eigenvalue weighted by Crippen LogP contribution is 2.52. The lowest BCUT2D eigenvalue weighted by Gasteiger charge is -2.52. The molecule has 1 saturated carbocycles. The van der Waals surface area contributed by atoms with Gasteiger partial charge in [0.2, 0.25) is 0 Å². The van der Waals surface area contributed by atoms with Gasteiger partial charge in [0, 0.05) is 6.42 Å². The maximum atomic E-state index is 10.1. The molecule has 0 bridgehead atoms. The van der Waals surface area contributed by atoms with Crippen LogP contribution in [0.3, 0.4) is 0 Å². The lowest BCUT2D eigenvalue weighted by atomic mass is 9.54. The van der Waals surface area contributed by atoms with Crippen LogP contribution in [0.1, 0.15) is 37.2 Å². The van der Waals surface area contributed by atoms with Crippen LogP contribution in [0.2, 0.25) is 0 Å². The van der Waals surface area contributed by atoms with Crippen molar-refractivity contribution in [2.75, 3.05) is 0 Å². The van der Waals surface area contributed by atoms with Gasteiger partial charge in [0.05, 0.1) is 18.5 Å². The van der Waals surface area contributed by atoms with Crippen LogP contribution in [0.4, 0.5) is 0 Å². The van der Waals surface area contributed by atoms with Gasteiger partial charge in [0.25, 0.3) is 0 Å². The summed E-state index contributed by atoms with van der Waals surface area (Å²) in [6.45, 7) is 6.41. The van der Waals surface area contributed by atoms with E-state index < -0.39 is 12.2 Å². The molecule has 0 unspecified atom stereocenters. The van der Waals surface area contributed by atoms with Gasteiger partial charge in [-0.2, -0.15) is 0 Å². The SMILES string of the molecule is Cc1coc2c1C[C@@]1(C)[C@@H](C2)C[C@@H](O)[C@H](O)[C@@H]1C. The van der Waals surface area contributed by atoms with Gasteiger partial charge in [-0.15, -0.1) is 0 Å². The summed E-state index contributed by atoms with van der Waals surface area (Å²) in [5.41, 5.74) is 2.61. The molecule has 1 aromatic heterocycles. The van der Waals surface area contributed by atoms with Crippen LogP contribution in [0, 0.1) is 24.2 Å². The molecule has 0 aliphatic heterocycles. The summed E-state index contributed by atoms with van der Waals surface area (Å²) >= 11 is 0. The number of aliphatic hydroxyl groups excluding tert-OH is 2. The molecule has 100 valence electrons. The van der Waals surface area contributed by atoms with Crippen molar-refractivity contribution in [2.24, 2.45) is 17.3 Å². The Morgan fingerprint density at radius 2 is 2.11 bits per heavy atom. The second-order valence-corrected chi connectivity index (χ2v) is 6.49. The maximum Gasteiger partial charge on any atom is 0.107 e. The van der Waals surface area contributed by atoms with Crippen LogP contribution >= 0.6 is 0 Å². The normalized spacial score (nSPS) is 43.4. The molecule has 2 aliphatic rings.